The van der Waals surface area contributed by atoms with Gasteiger partial charge in [-0.05, 0) is 30.3 Å². The number of amides is 2. The lowest BCUT2D eigenvalue weighted by atomic mass is 10.3. The summed E-state index contributed by atoms with van der Waals surface area (Å²) in [6, 6.07) is 8.15. The van der Waals surface area contributed by atoms with Crippen LogP contribution in [0.15, 0.2) is 35.4 Å². The van der Waals surface area contributed by atoms with Crippen LogP contribution >= 0.6 is 35.0 Å². The van der Waals surface area contributed by atoms with Crippen molar-refractivity contribution in [1.82, 2.24) is 10.2 Å². The van der Waals surface area contributed by atoms with E-state index in [-0.39, 0.29) is 17.6 Å². The molecule has 1 aromatic heterocycles. The number of nitrogens with one attached hydrogen (secondary N) is 2. The molecule has 1 aromatic carbocycles. The summed E-state index contributed by atoms with van der Waals surface area (Å²) in [5.41, 5.74) is 0.457. The molecule has 2 amide bonds. The molecule has 2 aromatic rings. The van der Waals surface area contributed by atoms with Gasteiger partial charge in [-0.15, -0.1) is 10.2 Å². The maximum atomic E-state index is 12.0. The van der Waals surface area contributed by atoms with Crippen LogP contribution in [0.3, 0.4) is 0 Å². The zero-order valence-corrected chi connectivity index (χ0v) is 15.0. The van der Waals surface area contributed by atoms with Crippen LogP contribution in [-0.2, 0) is 9.59 Å². The van der Waals surface area contributed by atoms with Gasteiger partial charge in [0.05, 0.1) is 16.5 Å². The molecule has 2 N–H and O–H groups in total. The number of rotatable bonds is 6. The lowest BCUT2D eigenvalue weighted by Gasteiger charge is -2.07. The van der Waals surface area contributed by atoms with Gasteiger partial charge in [0, 0.05) is 11.4 Å². The molecular formula is C15H14Cl2N4O2S. The second-order valence-corrected chi connectivity index (χ2v) is 6.46. The standard InChI is InChI=1S/C15H14Cl2N4O2S/c1-2-13(22)19-12-5-6-15(21-20-12)24-8-14(23)18-11-7-9(16)3-4-10(11)17/h3-7H,2,8H2,1H3,(H,18,23)(H,19,20,22). The summed E-state index contributed by atoms with van der Waals surface area (Å²) in [6.45, 7) is 1.75. The van der Waals surface area contributed by atoms with Gasteiger partial charge in [-0.25, -0.2) is 0 Å². The molecule has 24 heavy (non-hydrogen) atoms. The molecule has 126 valence electrons. The van der Waals surface area contributed by atoms with Crippen LogP contribution in [-0.4, -0.2) is 27.8 Å². The van der Waals surface area contributed by atoms with Gasteiger partial charge < -0.3 is 10.6 Å². The van der Waals surface area contributed by atoms with E-state index in [4.69, 9.17) is 23.2 Å². The number of hydrogen-bond acceptors (Lipinski definition) is 5. The highest BCUT2D eigenvalue weighted by atomic mass is 35.5. The molecule has 9 heteroatoms. The topological polar surface area (TPSA) is 84.0 Å². The first kappa shape index (κ1) is 18.5. The number of carbonyl (C=O) groups is 2. The van der Waals surface area contributed by atoms with E-state index in [0.29, 0.717) is 33.0 Å². The highest BCUT2D eigenvalue weighted by Gasteiger charge is 2.09. The third kappa shape index (κ3) is 5.67. The Morgan fingerprint density at radius 1 is 1.08 bits per heavy atom. The Morgan fingerprint density at radius 2 is 1.88 bits per heavy atom. The average Bonchev–Trinajstić information content (AvgIpc) is 2.57. The van der Waals surface area contributed by atoms with E-state index in [1.165, 1.54) is 11.8 Å². The molecule has 0 bridgehead atoms. The highest BCUT2D eigenvalue weighted by Crippen LogP contribution is 2.26. The molecular weight excluding hydrogens is 371 g/mol. The number of thioether (sulfide) groups is 1. The van der Waals surface area contributed by atoms with Crippen molar-refractivity contribution in [1.29, 1.82) is 0 Å². The number of halogens is 2. The van der Waals surface area contributed by atoms with E-state index in [1.807, 2.05) is 0 Å². The van der Waals surface area contributed by atoms with Crippen LogP contribution in [0.2, 0.25) is 10.0 Å². The van der Waals surface area contributed by atoms with Gasteiger partial charge in [-0.3, -0.25) is 9.59 Å². The highest BCUT2D eigenvalue weighted by molar-refractivity contribution is 7.99. The molecule has 0 atom stereocenters. The van der Waals surface area contributed by atoms with Crippen molar-refractivity contribution < 1.29 is 9.59 Å². The van der Waals surface area contributed by atoms with E-state index in [9.17, 15) is 9.59 Å². The summed E-state index contributed by atoms with van der Waals surface area (Å²) < 4.78 is 0. The molecule has 2 rings (SSSR count). The molecule has 0 unspecified atom stereocenters. The van der Waals surface area contributed by atoms with Crippen LogP contribution in [0.4, 0.5) is 11.5 Å². The van der Waals surface area contributed by atoms with Gasteiger partial charge in [0.1, 0.15) is 5.03 Å². The fourth-order valence-corrected chi connectivity index (χ4v) is 2.56. The van der Waals surface area contributed by atoms with E-state index in [0.717, 1.165) is 0 Å². The summed E-state index contributed by atoms with van der Waals surface area (Å²) in [5, 5.41) is 14.6. The van der Waals surface area contributed by atoms with Crippen molar-refractivity contribution in [2.24, 2.45) is 0 Å². The molecule has 0 saturated carbocycles. The smallest absolute Gasteiger partial charge is 0.234 e. The van der Waals surface area contributed by atoms with Gasteiger partial charge in [-0.1, -0.05) is 41.9 Å². The van der Waals surface area contributed by atoms with Crippen molar-refractivity contribution in [3.8, 4) is 0 Å². The van der Waals surface area contributed by atoms with Gasteiger partial charge >= 0.3 is 0 Å². The van der Waals surface area contributed by atoms with Gasteiger partial charge in [0.15, 0.2) is 5.82 Å². The number of aromatic nitrogens is 2. The number of benzene rings is 1. The molecule has 6 nitrogen and oxygen atoms in total. The molecule has 0 aliphatic heterocycles. The first-order valence-corrected chi connectivity index (χ1v) is 8.73. The van der Waals surface area contributed by atoms with E-state index in [1.54, 1.807) is 37.3 Å². The maximum Gasteiger partial charge on any atom is 0.234 e. The largest absolute Gasteiger partial charge is 0.324 e. The van der Waals surface area contributed by atoms with Crippen LogP contribution < -0.4 is 10.6 Å². The van der Waals surface area contributed by atoms with Gasteiger partial charge in [-0.2, -0.15) is 0 Å². The summed E-state index contributed by atoms with van der Waals surface area (Å²) in [7, 11) is 0. The molecule has 0 fully saturated rings. The normalized spacial score (nSPS) is 10.3. The quantitative estimate of drug-likeness (QED) is 0.738. The van der Waals surface area contributed by atoms with Crippen molar-refractivity contribution in [2.45, 2.75) is 18.4 Å². The Hall–Kier alpha value is -1.83. The fourth-order valence-electron chi connectivity index (χ4n) is 1.61. The lowest BCUT2D eigenvalue weighted by molar-refractivity contribution is -0.116. The predicted molar refractivity (Wildman–Crippen MR) is 96.8 cm³/mol. The third-order valence-corrected chi connectivity index (χ3v) is 4.27. The molecule has 0 spiro atoms. The number of carbonyl (C=O) groups excluding carboxylic acids is 2. The van der Waals surface area contributed by atoms with Crippen molar-refractivity contribution >= 4 is 58.3 Å². The van der Waals surface area contributed by atoms with E-state index >= 15 is 0 Å². The maximum absolute atomic E-state index is 12.0. The first-order valence-electron chi connectivity index (χ1n) is 6.99. The summed E-state index contributed by atoms with van der Waals surface area (Å²) in [6.07, 6.45) is 0.365. The second-order valence-electron chi connectivity index (χ2n) is 4.62. The Labute approximate surface area is 153 Å². The Balaban J connectivity index is 1.87. The Bertz CT molecular complexity index is 741. The first-order chi connectivity index (χ1) is 11.5. The summed E-state index contributed by atoms with van der Waals surface area (Å²) in [5.74, 6) is 0.135. The van der Waals surface area contributed by atoms with Gasteiger partial charge in [0.2, 0.25) is 11.8 Å². The second kappa shape index (κ2) is 8.86. The van der Waals surface area contributed by atoms with Crippen LogP contribution in [0.1, 0.15) is 13.3 Å². The molecule has 0 aliphatic rings. The summed E-state index contributed by atoms with van der Waals surface area (Å²) in [4.78, 5) is 23.2. The van der Waals surface area contributed by atoms with Gasteiger partial charge in [0.25, 0.3) is 0 Å². The average molecular weight is 385 g/mol. The predicted octanol–water partition coefficient (Wildman–Crippen LogP) is 3.86. The van der Waals surface area contributed by atoms with Crippen molar-refractivity contribution in [3.63, 3.8) is 0 Å². The zero-order chi connectivity index (χ0) is 17.5. The minimum absolute atomic E-state index is 0.137. The van der Waals surface area contributed by atoms with Crippen LogP contribution in [0.5, 0.6) is 0 Å². The molecule has 0 aliphatic carbocycles. The molecule has 0 saturated heterocycles. The monoisotopic (exact) mass is 384 g/mol. The molecule has 0 radical (unpaired) electrons. The number of hydrogen-bond donors (Lipinski definition) is 2. The lowest BCUT2D eigenvalue weighted by Crippen LogP contribution is -2.14. The van der Waals surface area contributed by atoms with Crippen molar-refractivity contribution in [2.75, 3.05) is 16.4 Å². The minimum atomic E-state index is -0.241. The Kier molecular flexibility index (Phi) is 6.84. The number of anilines is 2. The minimum Gasteiger partial charge on any atom is -0.324 e. The molecule has 1 heterocycles. The van der Waals surface area contributed by atoms with E-state index < -0.39 is 0 Å². The zero-order valence-electron chi connectivity index (χ0n) is 12.7. The summed E-state index contributed by atoms with van der Waals surface area (Å²) >= 11 is 13.1. The van der Waals surface area contributed by atoms with Crippen LogP contribution in [0, 0.1) is 0 Å². The number of nitrogens with zero attached hydrogens (tertiary/aromatic N) is 2. The van der Waals surface area contributed by atoms with E-state index in [2.05, 4.69) is 20.8 Å². The fraction of sp³-hybridized carbons (Fsp3) is 0.200. The SMILES string of the molecule is CCC(=O)Nc1ccc(SCC(=O)Nc2cc(Cl)ccc2Cl)nn1. The Morgan fingerprint density at radius 3 is 2.54 bits per heavy atom. The van der Waals surface area contributed by atoms with Crippen molar-refractivity contribution in [3.05, 3.63) is 40.4 Å². The van der Waals surface area contributed by atoms with Crippen LogP contribution in [0.25, 0.3) is 0 Å². The third-order valence-electron chi connectivity index (χ3n) is 2.78.